The minimum absolute atomic E-state index is 0.0570. The molecule has 32 heavy (non-hydrogen) atoms. The Labute approximate surface area is 187 Å². The monoisotopic (exact) mass is 427 g/mol. The Hall–Kier alpha value is -3.76. The molecule has 7 heteroatoms. The number of hydrogen-bond acceptors (Lipinski definition) is 6. The fraction of sp³-hybridized carbons (Fsp3) is 0.280. The number of carbonyl (C=O) groups is 1. The van der Waals surface area contributed by atoms with Gasteiger partial charge in [-0.1, -0.05) is 24.8 Å². The number of nitrogens with two attached hydrogens (primary N) is 1. The second kappa shape index (κ2) is 9.16. The van der Waals surface area contributed by atoms with E-state index >= 15 is 0 Å². The van der Waals surface area contributed by atoms with Crippen molar-refractivity contribution >= 4 is 11.7 Å². The van der Waals surface area contributed by atoms with Crippen molar-refractivity contribution in [2.75, 3.05) is 18.8 Å². The first-order chi connectivity index (χ1) is 15.5. The number of hydrogen-bond donors (Lipinski definition) is 2. The molecule has 3 N–H and O–H groups in total. The molecule has 1 fully saturated rings. The van der Waals surface area contributed by atoms with E-state index in [1.165, 1.54) is 0 Å². The summed E-state index contributed by atoms with van der Waals surface area (Å²) in [5, 5.41) is 9.75. The van der Waals surface area contributed by atoms with Gasteiger partial charge in [0, 0.05) is 36.0 Å². The highest BCUT2D eigenvalue weighted by Gasteiger charge is 2.26. The van der Waals surface area contributed by atoms with E-state index in [1.54, 1.807) is 23.5 Å². The van der Waals surface area contributed by atoms with Crippen LogP contribution in [0.15, 0.2) is 42.9 Å². The molecule has 1 saturated heterocycles. The van der Waals surface area contributed by atoms with Gasteiger partial charge in [-0.15, -0.1) is 0 Å². The molecule has 0 saturated carbocycles. The number of β-amino-alcohol motifs (C(OH)–C–C–N with tert-alkyl or cyclic N) is 1. The minimum Gasteiger partial charge on any atom is -0.391 e. The lowest BCUT2D eigenvalue weighted by molar-refractivity contribution is 0.0764. The van der Waals surface area contributed by atoms with E-state index < -0.39 is 6.10 Å². The fourth-order valence-electron chi connectivity index (χ4n) is 3.80. The van der Waals surface area contributed by atoms with Crippen LogP contribution in [0.2, 0.25) is 0 Å². The fourth-order valence-corrected chi connectivity index (χ4v) is 3.80. The molecule has 7 nitrogen and oxygen atoms in total. The molecule has 0 spiro atoms. The summed E-state index contributed by atoms with van der Waals surface area (Å²) in [5.74, 6) is 6.73. The van der Waals surface area contributed by atoms with E-state index in [9.17, 15) is 9.90 Å². The molecule has 0 radical (unpaired) electrons. The van der Waals surface area contributed by atoms with Crippen LogP contribution in [0, 0.1) is 18.8 Å². The maximum absolute atomic E-state index is 12.9. The zero-order valence-corrected chi connectivity index (χ0v) is 18.2. The number of aliphatic hydroxyl groups is 1. The molecule has 1 amide bonds. The van der Waals surface area contributed by atoms with Gasteiger partial charge in [0.2, 0.25) is 0 Å². The second-order valence-electron chi connectivity index (χ2n) is 7.84. The number of aryl methyl sites for hydroxylation is 2. The molecule has 0 bridgehead atoms. The highest BCUT2D eigenvalue weighted by atomic mass is 16.3. The molecule has 2 aromatic heterocycles. The zero-order valence-electron chi connectivity index (χ0n) is 18.2. The summed E-state index contributed by atoms with van der Waals surface area (Å²) in [6.45, 7) is 4.90. The summed E-state index contributed by atoms with van der Waals surface area (Å²) in [4.78, 5) is 27.6. The van der Waals surface area contributed by atoms with Gasteiger partial charge in [-0.05, 0) is 49.6 Å². The lowest BCUT2D eigenvalue weighted by Crippen LogP contribution is -2.30. The first-order valence-electron chi connectivity index (χ1n) is 10.6. The number of aromatic nitrogens is 3. The van der Waals surface area contributed by atoms with E-state index in [1.807, 2.05) is 38.1 Å². The number of pyridine rings is 1. The quantitative estimate of drug-likeness (QED) is 0.623. The van der Waals surface area contributed by atoms with Crippen molar-refractivity contribution in [2.24, 2.45) is 0 Å². The van der Waals surface area contributed by atoms with Crippen LogP contribution in [0.3, 0.4) is 0 Å². The summed E-state index contributed by atoms with van der Waals surface area (Å²) in [6.07, 6.45) is 4.08. The smallest absolute Gasteiger partial charge is 0.254 e. The largest absolute Gasteiger partial charge is 0.391 e. The van der Waals surface area contributed by atoms with Gasteiger partial charge in [-0.2, -0.15) is 0 Å². The van der Waals surface area contributed by atoms with Crippen molar-refractivity contribution in [3.63, 3.8) is 0 Å². The Bertz CT molecular complexity index is 1210. The highest BCUT2D eigenvalue weighted by Crippen LogP contribution is 2.26. The Morgan fingerprint density at radius 3 is 2.72 bits per heavy atom. The maximum Gasteiger partial charge on any atom is 0.254 e. The molecule has 1 aliphatic rings. The van der Waals surface area contributed by atoms with Crippen molar-refractivity contribution < 1.29 is 9.90 Å². The number of aliphatic hydroxyl groups excluding tert-OH is 1. The SMILES string of the molecule is CCc1ncnc(-c2ccc(C(=O)N3CC[C@H](O)C3)c(C)c2)c1C#Cc1ccc(N)nc1. The predicted molar refractivity (Wildman–Crippen MR) is 123 cm³/mol. The zero-order chi connectivity index (χ0) is 22.7. The summed E-state index contributed by atoms with van der Waals surface area (Å²) in [5.41, 5.74) is 11.1. The molecule has 0 unspecified atom stereocenters. The van der Waals surface area contributed by atoms with Crippen molar-refractivity contribution in [3.05, 3.63) is 70.8 Å². The van der Waals surface area contributed by atoms with Crippen LogP contribution in [0.4, 0.5) is 5.82 Å². The number of amides is 1. The normalized spacial score (nSPS) is 15.3. The molecular formula is C25H25N5O2. The summed E-state index contributed by atoms with van der Waals surface area (Å²) in [6, 6.07) is 9.21. The molecule has 1 aliphatic heterocycles. The maximum atomic E-state index is 12.9. The van der Waals surface area contributed by atoms with E-state index in [0.29, 0.717) is 37.3 Å². The lowest BCUT2D eigenvalue weighted by Gasteiger charge is -2.17. The van der Waals surface area contributed by atoms with Crippen LogP contribution < -0.4 is 5.73 Å². The van der Waals surface area contributed by atoms with E-state index in [2.05, 4.69) is 26.8 Å². The molecule has 4 rings (SSSR count). The summed E-state index contributed by atoms with van der Waals surface area (Å²) < 4.78 is 0. The van der Waals surface area contributed by atoms with Crippen LogP contribution >= 0.6 is 0 Å². The third kappa shape index (κ3) is 4.46. The van der Waals surface area contributed by atoms with Crippen molar-refractivity contribution in [1.82, 2.24) is 19.9 Å². The topological polar surface area (TPSA) is 105 Å². The van der Waals surface area contributed by atoms with Crippen molar-refractivity contribution in [1.29, 1.82) is 0 Å². The number of rotatable bonds is 3. The Morgan fingerprint density at radius 1 is 1.22 bits per heavy atom. The van der Waals surface area contributed by atoms with Crippen LogP contribution in [-0.4, -0.2) is 50.1 Å². The van der Waals surface area contributed by atoms with E-state index in [0.717, 1.165) is 33.6 Å². The average Bonchev–Trinajstić information content (AvgIpc) is 3.24. The van der Waals surface area contributed by atoms with Gasteiger partial charge in [-0.25, -0.2) is 15.0 Å². The molecule has 3 heterocycles. The number of nitrogen functional groups attached to an aromatic ring is 1. The highest BCUT2D eigenvalue weighted by molar-refractivity contribution is 5.96. The van der Waals surface area contributed by atoms with Gasteiger partial charge in [-0.3, -0.25) is 4.79 Å². The number of anilines is 1. The van der Waals surface area contributed by atoms with Gasteiger partial charge in [0.1, 0.15) is 12.1 Å². The van der Waals surface area contributed by atoms with Crippen molar-refractivity contribution in [3.8, 4) is 23.1 Å². The van der Waals surface area contributed by atoms with E-state index in [-0.39, 0.29) is 5.91 Å². The molecule has 0 aliphatic carbocycles. The standard InChI is InChI=1S/C25H25N5O2/c1-3-22-21(7-4-17-5-9-23(26)27-13-17)24(29-15-28-22)18-6-8-20(16(2)12-18)25(32)30-11-10-19(31)14-30/h5-6,8-9,12-13,15,19,31H,3,10-11,14H2,1-2H3,(H2,26,27)/t19-/m0/s1. The average molecular weight is 428 g/mol. The van der Waals surface area contributed by atoms with Gasteiger partial charge in [0.15, 0.2) is 0 Å². The Kier molecular flexibility index (Phi) is 6.15. The van der Waals surface area contributed by atoms with Crippen molar-refractivity contribution in [2.45, 2.75) is 32.8 Å². The van der Waals surface area contributed by atoms with Crippen LogP contribution in [0.1, 0.15) is 46.1 Å². The molecular weight excluding hydrogens is 402 g/mol. The second-order valence-corrected chi connectivity index (χ2v) is 7.84. The van der Waals surface area contributed by atoms with Gasteiger partial charge >= 0.3 is 0 Å². The number of carbonyl (C=O) groups excluding carboxylic acids is 1. The molecule has 1 atom stereocenters. The van der Waals surface area contributed by atoms with Crippen LogP contribution in [0.25, 0.3) is 11.3 Å². The molecule has 1 aromatic carbocycles. The lowest BCUT2D eigenvalue weighted by atomic mass is 9.98. The first-order valence-corrected chi connectivity index (χ1v) is 10.6. The van der Waals surface area contributed by atoms with Gasteiger partial charge < -0.3 is 15.7 Å². The molecule has 162 valence electrons. The third-order valence-corrected chi connectivity index (χ3v) is 5.56. The summed E-state index contributed by atoms with van der Waals surface area (Å²) >= 11 is 0. The first kappa shape index (κ1) is 21.5. The third-order valence-electron chi connectivity index (χ3n) is 5.56. The predicted octanol–water partition coefficient (Wildman–Crippen LogP) is 2.60. The van der Waals surface area contributed by atoms with Gasteiger partial charge in [0.05, 0.1) is 23.1 Å². The molecule has 3 aromatic rings. The van der Waals surface area contributed by atoms with Crippen LogP contribution in [0.5, 0.6) is 0 Å². The Balaban J connectivity index is 1.70. The van der Waals surface area contributed by atoms with Gasteiger partial charge in [0.25, 0.3) is 5.91 Å². The van der Waals surface area contributed by atoms with Crippen LogP contribution in [-0.2, 0) is 6.42 Å². The number of likely N-dealkylation sites (tertiary alicyclic amines) is 1. The minimum atomic E-state index is -0.440. The number of benzene rings is 1. The number of nitrogens with zero attached hydrogens (tertiary/aromatic N) is 4. The summed E-state index contributed by atoms with van der Waals surface area (Å²) in [7, 11) is 0. The Morgan fingerprint density at radius 2 is 2.06 bits per heavy atom. The van der Waals surface area contributed by atoms with E-state index in [4.69, 9.17) is 5.73 Å².